The van der Waals surface area contributed by atoms with Crippen molar-refractivity contribution in [3.8, 4) is 0 Å². The monoisotopic (exact) mass is 327 g/mol. The highest BCUT2D eigenvalue weighted by molar-refractivity contribution is 7.16. The number of nitrogens with one attached hydrogen (secondary N) is 1. The molecule has 1 unspecified atom stereocenters. The zero-order valence-electron chi connectivity index (χ0n) is 12.3. The van der Waals surface area contributed by atoms with Gasteiger partial charge in [-0.2, -0.15) is 0 Å². The number of rotatable bonds is 2. The molecule has 0 radical (unpaired) electrons. The standard InChI is InChI=1S/C16H22ClNO2S/c1-9-7-16(8-12(18-9)14(19)10-2-3-10)15-11(4-5-20-16)6-13(17)21-15/h6,9-10,12,14,18-19H,2-5,7-8H2,1H3/t9-,12-,14?,16-/m0/s1. The summed E-state index contributed by atoms with van der Waals surface area (Å²) in [6.07, 6.45) is 4.87. The van der Waals surface area contributed by atoms with Crippen molar-refractivity contribution in [2.24, 2.45) is 5.92 Å². The predicted octanol–water partition coefficient (Wildman–Crippen LogP) is 3.08. The Balaban J connectivity index is 1.66. The zero-order valence-corrected chi connectivity index (χ0v) is 13.8. The molecule has 5 heteroatoms. The van der Waals surface area contributed by atoms with Crippen LogP contribution in [0, 0.1) is 5.92 Å². The minimum Gasteiger partial charge on any atom is -0.391 e. The van der Waals surface area contributed by atoms with Crippen LogP contribution in [-0.4, -0.2) is 29.9 Å². The molecule has 116 valence electrons. The summed E-state index contributed by atoms with van der Waals surface area (Å²) >= 11 is 7.91. The number of thiophene rings is 1. The van der Waals surface area contributed by atoms with E-state index in [4.69, 9.17) is 16.3 Å². The highest BCUT2D eigenvalue weighted by atomic mass is 35.5. The van der Waals surface area contributed by atoms with Crippen molar-refractivity contribution in [1.82, 2.24) is 5.32 Å². The largest absolute Gasteiger partial charge is 0.391 e. The number of halogens is 1. The summed E-state index contributed by atoms with van der Waals surface area (Å²) in [5.74, 6) is 0.486. The second kappa shape index (κ2) is 5.20. The Hall–Kier alpha value is -0.130. The van der Waals surface area contributed by atoms with Gasteiger partial charge in [-0.15, -0.1) is 11.3 Å². The van der Waals surface area contributed by atoms with Gasteiger partial charge in [0.1, 0.15) is 5.60 Å². The van der Waals surface area contributed by atoms with Gasteiger partial charge in [-0.1, -0.05) is 11.6 Å². The number of aliphatic hydroxyl groups is 1. The van der Waals surface area contributed by atoms with Crippen molar-refractivity contribution in [3.05, 3.63) is 20.8 Å². The van der Waals surface area contributed by atoms with Crippen molar-refractivity contribution in [2.75, 3.05) is 6.61 Å². The first-order chi connectivity index (χ1) is 10.1. The first-order valence-electron chi connectivity index (χ1n) is 7.94. The van der Waals surface area contributed by atoms with Crippen LogP contribution in [0.25, 0.3) is 0 Å². The van der Waals surface area contributed by atoms with Crippen LogP contribution in [-0.2, 0) is 16.8 Å². The summed E-state index contributed by atoms with van der Waals surface area (Å²) in [7, 11) is 0. The number of hydrogen-bond donors (Lipinski definition) is 2. The first-order valence-corrected chi connectivity index (χ1v) is 9.14. The average Bonchev–Trinajstić information content (AvgIpc) is 3.20. The van der Waals surface area contributed by atoms with Gasteiger partial charge in [0.05, 0.1) is 17.0 Å². The summed E-state index contributed by atoms with van der Waals surface area (Å²) in [6.45, 7) is 2.96. The van der Waals surface area contributed by atoms with E-state index in [1.807, 2.05) is 0 Å². The summed E-state index contributed by atoms with van der Waals surface area (Å²) in [4.78, 5) is 1.31. The third-order valence-corrected chi connectivity index (χ3v) is 6.64. The van der Waals surface area contributed by atoms with E-state index >= 15 is 0 Å². The molecule has 21 heavy (non-hydrogen) atoms. The number of fused-ring (bicyclic) bond motifs is 2. The second-order valence-corrected chi connectivity index (χ2v) is 8.59. The maximum Gasteiger partial charge on any atom is 0.106 e. The molecule has 1 aromatic rings. The van der Waals surface area contributed by atoms with Crippen LogP contribution in [0.4, 0.5) is 0 Å². The van der Waals surface area contributed by atoms with E-state index in [2.05, 4.69) is 18.3 Å². The van der Waals surface area contributed by atoms with E-state index in [9.17, 15) is 5.11 Å². The Morgan fingerprint density at radius 2 is 2.29 bits per heavy atom. The molecule has 3 heterocycles. The summed E-state index contributed by atoms with van der Waals surface area (Å²) in [6, 6.07) is 2.59. The fourth-order valence-electron chi connectivity index (χ4n) is 4.09. The van der Waals surface area contributed by atoms with E-state index in [1.54, 1.807) is 11.3 Å². The van der Waals surface area contributed by atoms with Gasteiger partial charge in [0.2, 0.25) is 0 Å². The third kappa shape index (κ3) is 2.55. The Kier molecular flexibility index (Phi) is 3.58. The van der Waals surface area contributed by atoms with Gasteiger partial charge in [0.25, 0.3) is 0 Å². The van der Waals surface area contributed by atoms with Crippen molar-refractivity contribution in [1.29, 1.82) is 0 Å². The van der Waals surface area contributed by atoms with Crippen LogP contribution < -0.4 is 5.32 Å². The molecule has 2 N–H and O–H groups in total. The highest BCUT2D eigenvalue weighted by Crippen LogP contribution is 2.49. The molecule has 1 saturated carbocycles. The number of hydrogen-bond acceptors (Lipinski definition) is 4. The van der Waals surface area contributed by atoms with Crippen molar-refractivity contribution in [3.63, 3.8) is 0 Å². The molecule has 1 aromatic heterocycles. The van der Waals surface area contributed by atoms with Gasteiger partial charge in [0, 0.05) is 17.0 Å². The van der Waals surface area contributed by atoms with Crippen molar-refractivity contribution < 1.29 is 9.84 Å². The van der Waals surface area contributed by atoms with Crippen LogP contribution in [0.5, 0.6) is 0 Å². The van der Waals surface area contributed by atoms with Crippen LogP contribution in [0.3, 0.4) is 0 Å². The van der Waals surface area contributed by atoms with Crippen LogP contribution in [0.1, 0.15) is 43.0 Å². The van der Waals surface area contributed by atoms with E-state index in [0.717, 1.165) is 43.0 Å². The molecule has 1 spiro atoms. The van der Waals surface area contributed by atoms with Crippen molar-refractivity contribution >= 4 is 22.9 Å². The van der Waals surface area contributed by atoms with Gasteiger partial charge in [-0.05, 0) is 56.6 Å². The van der Waals surface area contributed by atoms with E-state index in [-0.39, 0.29) is 17.7 Å². The lowest BCUT2D eigenvalue weighted by atomic mass is 9.78. The number of aliphatic hydroxyl groups excluding tert-OH is 1. The lowest BCUT2D eigenvalue weighted by Gasteiger charge is -2.47. The van der Waals surface area contributed by atoms with Gasteiger partial charge in [-0.25, -0.2) is 0 Å². The summed E-state index contributed by atoms with van der Waals surface area (Å²) in [5.41, 5.74) is 1.11. The van der Waals surface area contributed by atoms with E-state index < -0.39 is 0 Å². The lowest BCUT2D eigenvalue weighted by molar-refractivity contribution is -0.107. The smallest absolute Gasteiger partial charge is 0.106 e. The van der Waals surface area contributed by atoms with Gasteiger partial charge in [-0.3, -0.25) is 0 Å². The van der Waals surface area contributed by atoms with Gasteiger partial charge >= 0.3 is 0 Å². The Morgan fingerprint density at radius 3 is 3.05 bits per heavy atom. The van der Waals surface area contributed by atoms with Crippen LogP contribution in [0.15, 0.2) is 6.07 Å². The average molecular weight is 328 g/mol. The number of ether oxygens (including phenoxy) is 1. The highest BCUT2D eigenvalue weighted by Gasteiger charge is 2.49. The topological polar surface area (TPSA) is 41.5 Å². The SMILES string of the molecule is C[C@H]1C[C@@]2(C[C@@H](C(O)C3CC3)N1)OCCc1cc(Cl)sc12. The maximum absolute atomic E-state index is 10.6. The van der Waals surface area contributed by atoms with Crippen LogP contribution in [0.2, 0.25) is 4.34 Å². The van der Waals surface area contributed by atoms with Crippen molar-refractivity contribution in [2.45, 2.75) is 62.8 Å². The summed E-state index contributed by atoms with van der Waals surface area (Å²) in [5, 5.41) is 14.1. The lowest BCUT2D eigenvalue weighted by Crippen LogP contribution is -2.57. The molecule has 2 aliphatic heterocycles. The number of piperidine rings is 1. The first kappa shape index (κ1) is 14.5. The van der Waals surface area contributed by atoms with Crippen LogP contribution >= 0.6 is 22.9 Å². The molecule has 4 atom stereocenters. The molecule has 3 aliphatic rings. The summed E-state index contributed by atoms with van der Waals surface area (Å²) < 4.78 is 7.15. The molecule has 1 aliphatic carbocycles. The van der Waals surface area contributed by atoms with Gasteiger partial charge in [0.15, 0.2) is 0 Å². The molecular weight excluding hydrogens is 306 g/mol. The normalized spacial score (nSPS) is 37.5. The molecule has 0 bridgehead atoms. The van der Waals surface area contributed by atoms with Gasteiger partial charge < -0.3 is 15.2 Å². The maximum atomic E-state index is 10.6. The Labute approximate surface area is 134 Å². The molecule has 0 amide bonds. The minimum atomic E-state index is -0.242. The Morgan fingerprint density at radius 1 is 1.48 bits per heavy atom. The second-order valence-electron chi connectivity index (χ2n) is 6.91. The minimum absolute atomic E-state index is 0.132. The molecule has 1 saturated heterocycles. The predicted molar refractivity (Wildman–Crippen MR) is 85.0 cm³/mol. The third-order valence-electron chi connectivity index (χ3n) is 5.14. The van der Waals surface area contributed by atoms with E-state index in [0.29, 0.717) is 12.0 Å². The molecule has 3 nitrogen and oxygen atoms in total. The molecular formula is C16H22ClNO2S. The quantitative estimate of drug-likeness (QED) is 0.877. The zero-order chi connectivity index (χ0) is 14.6. The Bertz CT molecular complexity index is 544. The van der Waals surface area contributed by atoms with E-state index in [1.165, 1.54) is 10.4 Å². The fourth-order valence-corrected chi connectivity index (χ4v) is 5.56. The molecule has 2 fully saturated rings. The fraction of sp³-hybridized carbons (Fsp3) is 0.750. The molecule has 4 rings (SSSR count). The molecule has 0 aromatic carbocycles.